The zero-order valence-corrected chi connectivity index (χ0v) is 15.0. The van der Waals surface area contributed by atoms with E-state index in [1.807, 2.05) is 44.2 Å². The minimum absolute atomic E-state index is 0.315. The average molecular weight is 344 g/mol. The van der Waals surface area contributed by atoms with Crippen molar-refractivity contribution >= 4 is 5.97 Å². The summed E-state index contributed by atoms with van der Waals surface area (Å²) < 4.78 is 16.3. The molecule has 2 rings (SSSR count). The first-order chi connectivity index (χ1) is 12.0. The maximum atomic E-state index is 11.9. The van der Waals surface area contributed by atoms with Crippen LogP contribution < -0.4 is 14.2 Å². The summed E-state index contributed by atoms with van der Waals surface area (Å²) in [4.78, 5) is 11.9. The summed E-state index contributed by atoms with van der Waals surface area (Å²) in [6.07, 6.45) is 0.315. The fourth-order valence-electron chi connectivity index (χ4n) is 2.91. The first-order valence-corrected chi connectivity index (χ1v) is 8.17. The highest BCUT2D eigenvalue weighted by atomic mass is 16.5. The maximum absolute atomic E-state index is 11.9. The standard InChI is InChI=1S/C20H24O5/c1-5-25-19-14(7-6-8-18(19)24-4)12-17(20(21)22)16-10-9-15(23-3)11-13(16)2/h6-11,17H,5,12H2,1-4H3,(H,21,22). The number of hydrogen-bond acceptors (Lipinski definition) is 4. The minimum atomic E-state index is -0.876. The lowest BCUT2D eigenvalue weighted by molar-refractivity contribution is -0.138. The van der Waals surface area contributed by atoms with Crippen LogP contribution in [0.5, 0.6) is 17.2 Å². The molecule has 2 aromatic carbocycles. The monoisotopic (exact) mass is 344 g/mol. The summed E-state index contributed by atoms with van der Waals surface area (Å²) in [6, 6.07) is 11.0. The number of benzene rings is 2. The number of carbonyl (C=O) groups is 1. The molecule has 0 spiro atoms. The van der Waals surface area contributed by atoms with Gasteiger partial charge in [-0.3, -0.25) is 4.79 Å². The van der Waals surface area contributed by atoms with E-state index < -0.39 is 11.9 Å². The molecule has 0 aliphatic heterocycles. The van der Waals surface area contributed by atoms with Gasteiger partial charge < -0.3 is 19.3 Å². The Morgan fingerprint density at radius 2 is 1.92 bits per heavy atom. The van der Waals surface area contributed by atoms with Gasteiger partial charge in [0, 0.05) is 0 Å². The molecular formula is C20H24O5. The van der Waals surface area contributed by atoms with E-state index >= 15 is 0 Å². The number of methoxy groups -OCH3 is 2. The van der Waals surface area contributed by atoms with E-state index in [0.717, 1.165) is 16.7 Å². The highest BCUT2D eigenvalue weighted by molar-refractivity contribution is 5.77. The van der Waals surface area contributed by atoms with Gasteiger partial charge in [0.05, 0.1) is 26.7 Å². The molecule has 0 bridgehead atoms. The van der Waals surface area contributed by atoms with Gasteiger partial charge in [-0.05, 0) is 55.2 Å². The Labute approximate surface area is 148 Å². The number of carboxylic acids is 1. The van der Waals surface area contributed by atoms with Crippen molar-refractivity contribution in [3.8, 4) is 17.2 Å². The molecule has 0 aliphatic rings. The molecule has 0 saturated heterocycles. The largest absolute Gasteiger partial charge is 0.497 e. The lowest BCUT2D eigenvalue weighted by Gasteiger charge is -2.19. The van der Waals surface area contributed by atoms with Crippen molar-refractivity contribution in [1.29, 1.82) is 0 Å². The second-order valence-corrected chi connectivity index (χ2v) is 5.70. The van der Waals surface area contributed by atoms with Gasteiger partial charge in [0.25, 0.3) is 0 Å². The highest BCUT2D eigenvalue weighted by Gasteiger charge is 2.25. The number of ether oxygens (including phenoxy) is 3. The predicted octanol–water partition coefficient (Wildman–Crippen LogP) is 3.82. The molecule has 0 saturated carbocycles. The van der Waals surface area contributed by atoms with Crippen molar-refractivity contribution in [3.05, 3.63) is 53.1 Å². The molecule has 1 unspecified atom stereocenters. The van der Waals surface area contributed by atoms with E-state index in [4.69, 9.17) is 14.2 Å². The molecule has 0 amide bonds. The lowest BCUT2D eigenvalue weighted by atomic mass is 9.88. The van der Waals surface area contributed by atoms with Crippen molar-refractivity contribution < 1.29 is 24.1 Å². The summed E-state index contributed by atoms with van der Waals surface area (Å²) in [5.74, 6) is 0.359. The Bertz CT molecular complexity index is 739. The van der Waals surface area contributed by atoms with Crippen LogP contribution in [0.2, 0.25) is 0 Å². The number of carboxylic acid groups (broad SMARTS) is 1. The summed E-state index contributed by atoms with van der Waals surface area (Å²) in [5.41, 5.74) is 2.45. The van der Waals surface area contributed by atoms with Gasteiger partial charge >= 0.3 is 5.97 Å². The van der Waals surface area contributed by atoms with E-state index in [9.17, 15) is 9.90 Å². The minimum Gasteiger partial charge on any atom is -0.497 e. The molecule has 1 atom stereocenters. The first-order valence-electron chi connectivity index (χ1n) is 8.17. The Morgan fingerprint density at radius 3 is 2.48 bits per heavy atom. The van der Waals surface area contributed by atoms with Crippen molar-refractivity contribution in [2.45, 2.75) is 26.2 Å². The summed E-state index contributed by atoms with van der Waals surface area (Å²) in [5, 5.41) is 9.78. The first kappa shape index (κ1) is 18.6. The molecule has 1 N–H and O–H groups in total. The number of aliphatic carboxylic acids is 1. The normalized spacial score (nSPS) is 11.7. The Kier molecular flexibility index (Phi) is 6.28. The van der Waals surface area contributed by atoms with Crippen LogP contribution in [0.3, 0.4) is 0 Å². The fraction of sp³-hybridized carbons (Fsp3) is 0.350. The van der Waals surface area contributed by atoms with Crippen LogP contribution in [0.15, 0.2) is 36.4 Å². The molecule has 134 valence electrons. The van der Waals surface area contributed by atoms with Crippen LogP contribution in [-0.4, -0.2) is 31.9 Å². The topological polar surface area (TPSA) is 65.0 Å². The molecule has 5 nitrogen and oxygen atoms in total. The zero-order valence-electron chi connectivity index (χ0n) is 15.0. The average Bonchev–Trinajstić information content (AvgIpc) is 2.61. The number of aryl methyl sites for hydroxylation is 1. The van der Waals surface area contributed by atoms with Gasteiger partial charge in [0.1, 0.15) is 5.75 Å². The van der Waals surface area contributed by atoms with Crippen LogP contribution in [-0.2, 0) is 11.2 Å². The predicted molar refractivity (Wildman–Crippen MR) is 96.0 cm³/mol. The third-order valence-electron chi connectivity index (χ3n) is 4.14. The van der Waals surface area contributed by atoms with Crippen molar-refractivity contribution in [3.63, 3.8) is 0 Å². The molecule has 0 fully saturated rings. The quantitative estimate of drug-likeness (QED) is 0.788. The SMILES string of the molecule is CCOc1c(CC(C(=O)O)c2ccc(OC)cc2C)cccc1OC. The summed E-state index contributed by atoms with van der Waals surface area (Å²) in [7, 11) is 3.16. The second-order valence-electron chi connectivity index (χ2n) is 5.70. The van der Waals surface area contributed by atoms with Crippen LogP contribution >= 0.6 is 0 Å². The fourth-order valence-corrected chi connectivity index (χ4v) is 2.91. The third kappa shape index (κ3) is 4.24. The van der Waals surface area contributed by atoms with E-state index in [0.29, 0.717) is 30.3 Å². The number of para-hydroxylation sites is 1. The van der Waals surface area contributed by atoms with E-state index in [-0.39, 0.29) is 0 Å². The van der Waals surface area contributed by atoms with Crippen molar-refractivity contribution in [2.24, 2.45) is 0 Å². The van der Waals surface area contributed by atoms with Crippen LogP contribution in [0.1, 0.15) is 29.5 Å². The third-order valence-corrected chi connectivity index (χ3v) is 4.14. The number of rotatable bonds is 8. The maximum Gasteiger partial charge on any atom is 0.311 e. The molecule has 0 aliphatic carbocycles. The molecule has 0 radical (unpaired) electrons. The highest BCUT2D eigenvalue weighted by Crippen LogP contribution is 2.35. The molecular weight excluding hydrogens is 320 g/mol. The van der Waals surface area contributed by atoms with Gasteiger partial charge in [0.15, 0.2) is 11.5 Å². The van der Waals surface area contributed by atoms with E-state index in [1.54, 1.807) is 20.3 Å². The Balaban J connectivity index is 2.42. The molecule has 5 heteroatoms. The van der Waals surface area contributed by atoms with Gasteiger partial charge in [0.2, 0.25) is 0 Å². The Morgan fingerprint density at radius 1 is 1.16 bits per heavy atom. The summed E-state index contributed by atoms with van der Waals surface area (Å²) >= 11 is 0. The molecule has 25 heavy (non-hydrogen) atoms. The Hall–Kier alpha value is -2.69. The van der Waals surface area contributed by atoms with Gasteiger partial charge in [-0.1, -0.05) is 18.2 Å². The lowest BCUT2D eigenvalue weighted by Crippen LogP contribution is -2.16. The molecule has 0 aromatic heterocycles. The van der Waals surface area contributed by atoms with Gasteiger partial charge in [-0.2, -0.15) is 0 Å². The van der Waals surface area contributed by atoms with Gasteiger partial charge in [-0.15, -0.1) is 0 Å². The zero-order chi connectivity index (χ0) is 18.4. The number of hydrogen-bond donors (Lipinski definition) is 1. The summed E-state index contributed by atoms with van der Waals surface area (Å²) in [6.45, 7) is 4.26. The van der Waals surface area contributed by atoms with Gasteiger partial charge in [-0.25, -0.2) is 0 Å². The van der Waals surface area contributed by atoms with Crippen molar-refractivity contribution in [2.75, 3.05) is 20.8 Å². The smallest absolute Gasteiger partial charge is 0.311 e. The van der Waals surface area contributed by atoms with Crippen LogP contribution in [0, 0.1) is 6.92 Å². The van der Waals surface area contributed by atoms with Crippen molar-refractivity contribution in [1.82, 2.24) is 0 Å². The van der Waals surface area contributed by atoms with Crippen LogP contribution in [0.25, 0.3) is 0 Å². The molecule has 0 heterocycles. The molecule has 2 aromatic rings. The second kappa shape index (κ2) is 8.42. The van der Waals surface area contributed by atoms with E-state index in [2.05, 4.69) is 0 Å². The van der Waals surface area contributed by atoms with Crippen LogP contribution in [0.4, 0.5) is 0 Å². The van der Waals surface area contributed by atoms with E-state index in [1.165, 1.54) is 0 Å².